The molecule has 2 aromatic rings. The first-order valence-corrected chi connectivity index (χ1v) is 5.27. The number of hydrogen-bond donors (Lipinski definition) is 0. The SMILES string of the molecule is CCOC(=O)c1cnn(-c2cc(F)c(F)c(F)c2)n1. The summed E-state index contributed by atoms with van der Waals surface area (Å²) in [5.41, 5.74) is -0.265. The molecule has 0 aliphatic rings. The number of esters is 1. The van der Waals surface area contributed by atoms with Gasteiger partial charge in [0.2, 0.25) is 0 Å². The lowest BCUT2D eigenvalue weighted by Gasteiger charge is -2.01. The molecule has 1 heterocycles. The van der Waals surface area contributed by atoms with Crippen molar-refractivity contribution in [2.45, 2.75) is 6.92 Å². The van der Waals surface area contributed by atoms with Crippen LogP contribution in [0.25, 0.3) is 5.69 Å². The molecule has 0 bridgehead atoms. The van der Waals surface area contributed by atoms with Gasteiger partial charge in [0.1, 0.15) is 0 Å². The number of halogens is 3. The van der Waals surface area contributed by atoms with Crippen LogP contribution in [0.1, 0.15) is 17.4 Å². The van der Waals surface area contributed by atoms with Crippen molar-refractivity contribution in [2.75, 3.05) is 6.61 Å². The predicted octanol–water partition coefficient (Wildman–Crippen LogP) is 1.86. The van der Waals surface area contributed by atoms with Crippen molar-refractivity contribution in [2.24, 2.45) is 0 Å². The third kappa shape index (κ3) is 2.56. The average Bonchev–Trinajstić information content (AvgIpc) is 2.85. The third-order valence-electron chi connectivity index (χ3n) is 2.18. The van der Waals surface area contributed by atoms with Crippen molar-refractivity contribution >= 4 is 5.97 Å². The zero-order valence-corrected chi connectivity index (χ0v) is 9.73. The first-order valence-electron chi connectivity index (χ1n) is 5.27. The first kappa shape index (κ1) is 13.1. The molecule has 0 spiro atoms. The van der Waals surface area contributed by atoms with Gasteiger partial charge in [-0.15, -0.1) is 5.10 Å². The Hall–Kier alpha value is -2.38. The van der Waals surface area contributed by atoms with Crippen LogP contribution in [-0.2, 0) is 4.74 Å². The van der Waals surface area contributed by atoms with E-state index in [4.69, 9.17) is 0 Å². The molecule has 0 fully saturated rings. The number of rotatable bonds is 3. The minimum absolute atomic E-state index is 0.119. The second-order valence-electron chi connectivity index (χ2n) is 3.46. The van der Waals surface area contributed by atoms with Gasteiger partial charge < -0.3 is 4.74 Å². The summed E-state index contributed by atoms with van der Waals surface area (Å²) < 4.78 is 43.5. The molecule has 0 saturated carbocycles. The van der Waals surface area contributed by atoms with Gasteiger partial charge in [0.15, 0.2) is 23.1 Å². The van der Waals surface area contributed by atoms with Gasteiger partial charge in [-0.25, -0.2) is 18.0 Å². The second kappa shape index (κ2) is 5.09. The fourth-order valence-electron chi connectivity index (χ4n) is 1.34. The lowest BCUT2D eigenvalue weighted by Crippen LogP contribution is -2.07. The summed E-state index contributed by atoms with van der Waals surface area (Å²) in [6.07, 6.45) is 1.08. The minimum Gasteiger partial charge on any atom is -0.461 e. The number of benzene rings is 1. The third-order valence-corrected chi connectivity index (χ3v) is 2.18. The first-order chi connectivity index (χ1) is 9.02. The van der Waals surface area contributed by atoms with Crippen LogP contribution < -0.4 is 0 Å². The van der Waals surface area contributed by atoms with E-state index in [2.05, 4.69) is 14.9 Å². The minimum atomic E-state index is -1.58. The Bertz CT molecular complexity index is 604. The van der Waals surface area contributed by atoms with Gasteiger partial charge in [0, 0.05) is 12.1 Å². The van der Waals surface area contributed by atoms with E-state index in [0.717, 1.165) is 11.0 Å². The van der Waals surface area contributed by atoms with Crippen molar-refractivity contribution in [1.29, 1.82) is 0 Å². The van der Waals surface area contributed by atoms with E-state index in [1.54, 1.807) is 6.92 Å². The fourth-order valence-corrected chi connectivity index (χ4v) is 1.34. The van der Waals surface area contributed by atoms with Gasteiger partial charge in [-0.3, -0.25) is 0 Å². The summed E-state index contributed by atoms with van der Waals surface area (Å²) in [5, 5.41) is 7.34. The van der Waals surface area contributed by atoms with Crippen molar-refractivity contribution in [3.05, 3.63) is 41.5 Å². The highest BCUT2D eigenvalue weighted by molar-refractivity contribution is 5.86. The van der Waals surface area contributed by atoms with Crippen LogP contribution in [0.4, 0.5) is 13.2 Å². The lowest BCUT2D eigenvalue weighted by atomic mass is 10.3. The molecule has 0 amide bonds. The molecule has 19 heavy (non-hydrogen) atoms. The van der Waals surface area contributed by atoms with Crippen molar-refractivity contribution < 1.29 is 22.7 Å². The van der Waals surface area contributed by atoms with Crippen molar-refractivity contribution in [1.82, 2.24) is 15.0 Å². The Labute approximate surface area is 105 Å². The van der Waals surface area contributed by atoms with Gasteiger partial charge in [-0.2, -0.15) is 9.90 Å². The Morgan fingerprint density at radius 3 is 2.53 bits per heavy atom. The van der Waals surface area contributed by atoms with Crippen LogP contribution in [-0.4, -0.2) is 27.6 Å². The number of carbonyl (C=O) groups is 1. The number of ether oxygens (including phenoxy) is 1. The number of nitrogens with zero attached hydrogens (tertiary/aromatic N) is 3. The molecular weight excluding hydrogens is 263 g/mol. The second-order valence-corrected chi connectivity index (χ2v) is 3.46. The molecule has 0 N–H and O–H groups in total. The van der Waals surface area contributed by atoms with Crippen LogP contribution in [0.3, 0.4) is 0 Å². The van der Waals surface area contributed by atoms with E-state index in [-0.39, 0.29) is 18.0 Å². The predicted molar refractivity (Wildman–Crippen MR) is 57.2 cm³/mol. The molecule has 0 aliphatic heterocycles. The molecule has 0 radical (unpaired) electrons. The molecule has 8 heteroatoms. The zero-order chi connectivity index (χ0) is 14.0. The fraction of sp³-hybridized carbons (Fsp3) is 0.182. The monoisotopic (exact) mass is 271 g/mol. The normalized spacial score (nSPS) is 10.5. The van der Waals surface area contributed by atoms with Gasteiger partial charge in [-0.05, 0) is 6.92 Å². The highest BCUT2D eigenvalue weighted by Gasteiger charge is 2.15. The Balaban J connectivity index is 2.35. The van der Waals surface area contributed by atoms with Crippen LogP contribution in [0.15, 0.2) is 18.3 Å². The van der Waals surface area contributed by atoms with Gasteiger partial charge in [0.25, 0.3) is 0 Å². The summed E-state index contributed by atoms with van der Waals surface area (Å²) >= 11 is 0. The highest BCUT2D eigenvalue weighted by Crippen LogP contribution is 2.15. The summed E-state index contributed by atoms with van der Waals surface area (Å²) in [6, 6.07) is 1.43. The van der Waals surface area contributed by atoms with Crippen molar-refractivity contribution in [3.8, 4) is 5.69 Å². The molecule has 0 atom stereocenters. The van der Waals surface area contributed by atoms with Gasteiger partial charge >= 0.3 is 5.97 Å². The molecule has 0 saturated heterocycles. The maximum absolute atomic E-state index is 13.0. The topological polar surface area (TPSA) is 57.0 Å². The summed E-state index contributed by atoms with van der Waals surface area (Å²) in [5.74, 6) is -5.03. The van der Waals surface area contributed by atoms with Crippen LogP contribution in [0.2, 0.25) is 0 Å². The van der Waals surface area contributed by atoms with Gasteiger partial charge in [-0.1, -0.05) is 0 Å². The molecule has 1 aromatic carbocycles. The molecule has 0 aliphatic carbocycles. The maximum atomic E-state index is 13.0. The van der Waals surface area contributed by atoms with Crippen molar-refractivity contribution in [3.63, 3.8) is 0 Å². The van der Waals surface area contributed by atoms with E-state index < -0.39 is 23.4 Å². The van der Waals surface area contributed by atoms with E-state index in [9.17, 15) is 18.0 Å². The summed E-state index contributed by atoms with van der Waals surface area (Å²) in [4.78, 5) is 12.1. The van der Waals surface area contributed by atoms with Crippen LogP contribution in [0.5, 0.6) is 0 Å². The maximum Gasteiger partial charge on any atom is 0.360 e. The number of aromatic nitrogens is 3. The number of carbonyl (C=O) groups excluding carboxylic acids is 1. The van der Waals surface area contributed by atoms with Crippen LogP contribution in [0, 0.1) is 17.5 Å². The molecule has 2 rings (SSSR count). The quantitative estimate of drug-likeness (QED) is 0.631. The summed E-state index contributed by atoms with van der Waals surface area (Å²) in [7, 11) is 0. The largest absolute Gasteiger partial charge is 0.461 e. The molecule has 5 nitrogen and oxygen atoms in total. The lowest BCUT2D eigenvalue weighted by molar-refractivity contribution is 0.0519. The van der Waals surface area contributed by atoms with E-state index in [1.165, 1.54) is 0 Å². The molecule has 0 unspecified atom stereocenters. The van der Waals surface area contributed by atoms with Gasteiger partial charge in [0.05, 0.1) is 18.5 Å². The number of hydrogen-bond acceptors (Lipinski definition) is 4. The Morgan fingerprint density at radius 2 is 1.95 bits per heavy atom. The van der Waals surface area contributed by atoms with Crippen LogP contribution >= 0.6 is 0 Å². The highest BCUT2D eigenvalue weighted by atomic mass is 19.2. The summed E-state index contributed by atoms with van der Waals surface area (Å²) in [6.45, 7) is 1.78. The van der Waals surface area contributed by atoms with E-state index in [1.807, 2.05) is 0 Å². The molecule has 1 aromatic heterocycles. The Morgan fingerprint density at radius 1 is 1.32 bits per heavy atom. The van der Waals surface area contributed by atoms with E-state index >= 15 is 0 Å². The Kier molecular flexibility index (Phi) is 3.50. The average molecular weight is 271 g/mol. The zero-order valence-electron chi connectivity index (χ0n) is 9.73. The molecular formula is C11H8F3N3O2. The standard InChI is InChI=1S/C11H8F3N3O2/c1-2-19-11(18)9-5-15-17(16-9)6-3-7(12)10(14)8(13)4-6/h3-5H,2H2,1H3. The van der Waals surface area contributed by atoms with E-state index in [0.29, 0.717) is 12.1 Å². The smallest absolute Gasteiger partial charge is 0.360 e. The molecule has 100 valence electrons.